The van der Waals surface area contributed by atoms with Crippen molar-refractivity contribution in [1.29, 1.82) is 0 Å². The second kappa shape index (κ2) is 8.51. The van der Waals surface area contributed by atoms with Crippen molar-refractivity contribution in [2.24, 2.45) is 0 Å². The van der Waals surface area contributed by atoms with Gasteiger partial charge in [-0.3, -0.25) is 15.6 Å². The molecular weight excluding hydrogens is 370 g/mol. The van der Waals surface area contributed by atoms with Gasteiger partial charge < -0.3 is 10.1 Å². The van der Waals surface area contributed by atoms with E-state index in [0.29, 0.717) is 10.8 Å². The molecule has 0 aromatic heterocycles. The largest absolute Gasteiger partial charge is 0.484 e. The van der Waals surface area contributed by atoms with Crippen LogP contribution in [0, 0.1) is 0 Å². The van der Waals surface area contributed by atoms with E-state index in [-0.39, 0.29) is 17.6 Å². The number of carbonyl (C=O) groups is 1. The summed E-state index contributed by atoms with van der Waals surface area (Å²) in [6.45, 7) is -0.134. The number of benzene rings is 3. The van der Waals surface area contributed by atoms with Gasteiger partial charge in [0.15, 0.2) is 11.7 Å². The number of hydrogen-bond donors (Lipinski definition) is 3. The molecule has 0 aliphatic rings. The molecule has 3 aromatic rings. The van der Waals surface area contributed by atoms with Gasteiger partial charge in [0.2, 0.25) is 0 Å². The summed E-state index contributed by atoms with van der Waals surface area (Å²) in [6.07, 6.45) is 0. The number of rotatable bonds is 4. The third kappa shape index (κ3) is 5.08. The van der Waals surface area contributed by atoms with Crippen LogP contribution in [0.25, 0.3) is 10.8 Å². The Bertz CT molecular complexity index is 949. The standard InChI is InChI=1S/C19H16ClN3O2S/c20-15-6-3-7-16(11-15)21-19(26)23-22-18(24)12-25-17-9-8-13-4-1-2-5-14(13)10-17/h1-11H,12H2,(H,22,24)(H2,21,23,26). The molecule has 0 aliphatic heterocycles. The second-order valence-electron chi connectivity index (χ2n) is 5.44. The number of hydrogen-bond acceptors (Lipinski definition) is 3. The fourth-order valence-electron chi connectivity index (χ4n) is 2.30. The molecule has 0 spiro atoms. The fourth-order valence-corrected chi connectivity index (χ4v) is 2.66. The van der Waals surface area contributed by atoms with Crippen molar-refractivity contribution in [3.05, 3.63) is 71.8 Å². The van der Waals surface area contributed by atoms with Crippen LogP contribution in [-0.4, -0.2) is 17.6 Å². The summed E-state index contributed by atoms with van der Waals surface area (Å²) in [7, 11) is 0. The molecule has 26 heavy (non-hydrogen) atoms. The fraction of sp³-hybridized carbons (Fsp3) is 0.0526. The first-order chi connectivity index (χ1) is 12.6. The Morgan fingerprint density at radius 3 is 2.58 bits per heavy atom. The van der Waals surface area contributed by atoms with Crippen molar-refractivity contribution in [2.45, 2.75) is 0 Å². The van der Waals surface area contributed by atoms with Gasteiger partial charge in [0.25, 0.3) is 5.91 Å². The van der Waals surface area contributed by atoms with E-state index in [1.807, 2.05) is 48.5 Å². The third-order valence-electron chi connectivity index (χ3n) is 3.49. The summed E-state index contributed by atoms with van der Waals surface area (Å²) >= 11 is 11.0. The zero-order valence-corrected chi connectivity index (χ0v) is 15.2. The van der Waals surface area contributed by atoms with E-state index in [1.54, 1.807) is 18.2 Å². The number of hydrazine groups is 1. The van der Waals surface area contributed by atoms with Gasteiger partial charge >= 0.3 is 0 Å². The van der Waals surface area contributed by atoms with Gasteiger partial charge in [-0.1, -0.05) is 48.0 Å². The third-order valence-corrected chi connectivity index (χ3v) is 3.93. The Hall–Kier alpha value is -2.83. The SMILES string of the molecule is O=C(COc1ccc2ccccc2c1)NNC(=S)Nc1cccc(Cl)c1. The Balaban J connectivity index is 1.45. The van der Waals surface area contributed by atoms with Gasteiger partial charge in [0, 0.05) is 10.7 Å². The minimum absolute atomic E-state index is 0.134. The Morgan fingerprint density at radius 1 is 0.962 bits per heavy atom. The highest BCUT2D eigenvalue weighted by Crippen LogP contribution is 2.20. The number of nitrogens with one attached hydrogen (secondary N) is 3. The van der Waals surface area contributed by atoms with Crippen molar-refractivity contribution in [3.8, 4) is 5.75 Å². The molecule has 7 heteroatoms. The van der Waals surface area contributed by atoms with Crippen LogP contribution in [-0.2, 0) is 4.79 Å². The van der Waals surface area contributed by atoms with Crippen LogP contribution in [0.5, 0.6) is 5.75 Å². The average molecular weight is 386 g/mol. The van der Waals surface area contributed by atoms with Crippen LogP contribution in [0.1, 0.15) is 0 Å². The minimum Gasteiger partial charge on any atom is -0.484 e. The van der Waals surface area contributed by atoms with Gasteiger partial charge in [-0.05, 0) is 53.3 Å². The van der Waals surface area contributed by atoms with E-state index in [0.717, 1.165) is 16.5 Å². The molecule has 0 unspecified atom stereocenters. The van der Waals surface area contributed by atoms with Gasteiger partial charge in [-0.25, -0.2) is 0 Å². The molecule has 0 aliphatic carbocycles. The number of ether oxygens (including phenoxy) is 1. The summed E-state index contributed by atoms with van der Waals surface area (Å²) in [6, 6.07) is 20.7. The molecule has 0 saturated heterocycles. The monoisotopic (exact) mass is 385 g/mol. The Labute approximate surface area is 161 Å². The minimum atomic E-state index is -0.353. The van der Waals surface area contributed by atoms with Crippen LogP contribution in [0.3, 0.4) is 0 Å². The molecule has 1 amide bonds. The van der Waals surface area contributed by atoms with Gasteiger partial charge in [0.1, 0.15) is 5.75 Å². The molecule has 0 heterocycles. The lowest BCUT2D eigenvalue weighted by Gasteiger charge is -2.12. The quantitative estimate of drug-likeness (QED) is 0.470. The highest BCUT2D eigenvalue weighted by Gasteiger charge is 2.05. The van der Waals surface area contributed by atoms with E-state index in [4.69, 9.17) is 28.6 Å². The van der Waals surface area contributed by atoms with E-state index < -0.39 is 0 Å². The molecule has 3 rings (SSSR count). The normalized spacial score (nSPS) is 10.2. The van der Waals surface area contributed by atoms with Crippen LogP contribution in [0.2, 0.25) is 5.02 Å². The highest BCUT2D eigenvalue weighted by atomic mass is 35.5. The van der Waals surface area contributed by atoms with Crippen molar-refractivity contribution in [3.63, 3.8) is 0 Å². The number of thiocarbonyl (C=S) groups is 1. The Morgan fingerprint density at radius 2 is 1.77 bits per heavy atom. The first-order valence-corrected chi connectivity index (χ1v) is 8.62. The molecule has 5 nitrogen and oxygen atoms in total. The molecule has 132 valence electrons. The van der Waals surface area contributed by atoms with Crippen molar-refractivity contribution >= 4 is 51.3 Å². The van der Waals surface area contributed by atoms with Crippen LogP contribution in [0.15, 0.2) is 66.7 Å². The summed E-state index contributed by atoms with van der Waals surface area (Å²) in [5, 5.41) is 5.91. The zero-order valence-electron chi connectivity index (χ0n) is 13.7. The summed E-state index contributed by atoms with van der Waals surface area (Å²) < 4.78 is 5.51. The first-order valence-electron chi connectivity index (χ1n) is 7.83. The molecular formula is C19H16ClN3O2S. The lowest BCUT2D eigenvalue weighted by Crippen LogP contribution is -2.45. The lowest BCUT2D eigenvalue weighted by atomic mass is 10.1. The number of amides is 1. The molecule has 0 bridgehead atoms. The molecule has 3 N–H and O–H groups in total. The smallest absolute Gasteiger partial charge is 0.276 e. The van der Waals surface area contributed by atoms with E-state index in [9.17, 15) is 4.79 Å². The molecule has 3 aromatic carbocycles. The van der Waals surface area contributed by atoms with Crippen molar-refractivity contribution in [1.82, 2.24) is 10.9 Å². The highest BCUT2D eigenvalue weighted by molar-refractivity contribution is 7.80. The van der Waals surface area contributed by atoms with E-state index in [2.05, 4.69) is 16.2 Å². The van der Waals surface area contributed by atoms with Gasteiger partial charge in [-0.15, -0.1) is 0 Å². The van der Waals surface area contributed by atoms with Crippen LogP contribution in [0.4, 0.5) is 5.69 Å². The lowest BCUT2D eigenvalue weighted by molar-refractivity contribution is -0.123. The maximum absolute atomic E-state index is 11.9. The van der Waals surface area contributed by atoms with Gasteiger partial charge in [-0.2, -0.15) is 0 Å². The maximum Gasteiger partial charge on any atom is 0.276 e. The van der Waals surface area contributed by atoms with Crippen molar-refractivity contribution in [2.75, 3.05) is 11.9 Å². The van der Waals surface area contributed by atoms with E-state index in [1.165, 1.54) is 0 Å². The number of anilines is 1. The molecule has 0 radical (unpaired) electrons. The van der Waals surface area contributed by atoms with Crippen molar-refractivity contribution < 1.29 is 9.53 Å². The second-order valence-corrected chi connectivity index (χ2v) is 6.28. The summed E-state index contributed by atoms with van der Waals surface area (Å²) in [4.78, 5) is 11.9. The average Bonchev–Trinajstić information content (AvgIpc) is 2.64. The molecule has 0 atom stereocenters. The van der Waals surface area contributed by atoms with Crippen LogP contribution >= 0.6 is 23.8 Å². The van der Waals surface area contributed by atoms with Gasteiger partial charge in [0.05, 0.1) is 0 Å². The number of halogens is 1. The predicted molar refractivity (Wildman–Crippen MR) is 108 cm³/mol. The number of carbonyl (C=O) groups excluding carboxylic acids is 1. The number of fused-ring (bicyclic) bond motifs is 1. The first kappa shape index (κ1) is 18.0. The zero-order chi connectivity index (χ0) is 18.4. The molecule has 0 fully saturated rings. The van der Waals surface area contributed by atoms with E-state index >= 15 is 0 Å². The maximum atomic E-state index is 11.9. The summed E-state index contributed by atoms with van der Waals surface area (Å²) in [5.41, 5.74) is 5.81. The molecule has 0 saturated carbocycles. The summed E-state index contributed by atoms with van der Waals surface area (Å²) in [5.74, 6) is 0.270. The van der Waals surface area contributed by atoms with Crippen LogP contribution < -0.4 is 20.9 Å². The topological polar surface area (TPSA) is 62.4 Å². The Kier molecular flexibility index (Phi) is 5.88. The predicted octanol–water partition coefficient (Wildman–Crippen LogP) is 3.89.